The van der Waals surface area contributed by atoms with Crippen molar-refractivity contribution in [2.45, 2.75) is 13.0 Å². The monoisotopic (exact) mass is 362 g/mol. The summed E-state index contributed by atoms with van der Waals surface area (Å²) in [5, 5.41) is 3.65. The van der Waals surface area contributed by atoms with Crippen molar-refractivity contribution < 1.29 is 9.59 Å². The molecule has 0 unspecified atom stereocenters. The van der Waals surface area contributed by atoms with Crippen LogP contribution in [-0.2, 0) is 16.1 Å². The van der Waals surface area contributed by atoms with Crippen LogP contribution in [0, 0.1) is 5.92 Å². The van der Waals surface area contributed by atoms with E-state index < -0.39 is 0 Å². The van der Waals surface area contributed by atoms with Crippen LogP contribution in [0.4, 0.5) is 5.69 Å². The number of anilines is 1. The summed E-state index contributed by atoms with van der Waals surface area (Å²) in [6, 6.07) is 14.6. The van der Waals surface area contributed by atoms with Crippen molar-refractivity contribution in [1.29, 1.82) is 0 Å². The van der Waals surface area contributed by atoms with Gasteiger partial charge in [0.1, 0.15) is 0 Å². The van der Waals surface area contributed by atoms with Gasteiger partial charge in [-0.3, -0.25) is 9.59 Å². The van der Waals surface area contributed by atoms with Gasteiger partial charge in [0.25, 0.3) is 0 Å². The van der Waals surface area contributed by atoms with Gasteiger partial charge in [-0.25, -0.2) is 0 Å². The molecule has 1 N–H and O–H groups in total. The van der Waals surface area contributed by atoms with E-state index >= 15 is 0 Å². The van der Waals surface area contributed by atoms with E-state index in [1.165, 1.54) is 0 Å². The Labute approximate surface area is 150 Å². The number of hydrogen-bond donors (Lipinski definition) is 1. The first kappa shape index (κ1) is 16.8. The van der Waals surface area contributed by atoms with Crippen molar-refractivity contribution in [3.63, 3.8) is 0 Å². The summed E-state index contributed by atoms with van der Waals surface area (Å²) < 4.78 is 0. The highest BCUT2D eigenvalue weighted by atomic mass is 35.5. The van der Waals surface area contributed by atoms with E-state index in [4.69, 9.17) is 23.2 Å². The molecule has 1 atom stereocenters. The largest absolute Gasteiger partial charge is 0.338 e. The Morgan fingerprint density at radius 1 is 1.17 bits per heavy atom. The van der Waals surface area contributed by atoms with E-state index in [0.29, 0.717) is 28.8 Å². The minimum Gasteiger partial charge on any atom is -0.338 e. The van der Waals surface area contributed by atoms with Gasteiger partial charge in [0.15, 0.2) is 0 Å². The summed E-state index contributed by atoms with van der Waals surface area (Å²) in [7, 11) is 0. The molecule has 4 nitrogen and oxygen atoms in total. The van der Waals surface area contributed by atoms with Gasteiger partial charge in [0.05, 0.1) is 16.6 Å². The van der Waals surface area contributed by atoms with E-state index in [1.807, 2.05) is 30.3 Å². The van der Waals surface area contributed by atoms with E-state index in [9.17, 15) is 9.59 Å². The number of benzene rings is 2. The third kappa shape index (κ3) is 3.89. The minimum atomic E-state index is -0.382. The maximum Gasteiger partial charge on any atom is 0.229 e. The fourth-order valence-corrected chi connectivity index (χ4v) is 3.19. The first-order chi connectivity index (χ1) is 11.5. The summed E-state index contributed by atoms with van der Waals surface area (Å²) in [5.41, 5.74) is 1.55. The van der Waals surface area contributed by atoms with Gasteiger partial charge >= 0.3 is 0 Å². The number of carbonyl (C=O) groups is 2. The first-order valence-electron chi connectivity index (χ1n) is 7.60. The second-order valence-corrected chi connectivity index (χ2v) is 6.62. The summed E-state index contributed by atoms with van der Waals surface area (Å²) in [5.74, 6) is -0.600. The Morgan fingerprint density at radius 3 is 2.62 bits per heavy atom. The number of rotatable bonds is 4. The normalized spacial score (nSPS) is 17.2. The van der Waals surface area contributed by atoms with Crippen LogP contribution in [0.2, 0.25) is 10.0 Å². The lowest BCUT2D eigenvalue weighted by molar-refractivity contribution is -0.128. The molecule has 24 heavy (non-hydrogen) atoms. The number of nitrogens with zero attached hydrogens (tertiary/aromatic N) is 1. The lowest BCUT2D eigenvalue weighted by atomic mass is 10.1. The molecular formula is C18H16Cl2N2O2. The number of carbonyl (C=O) groups excluding carboxylic acids is 2. The van der Waals surface area contributed by atoms with Crippen LogP contribution in [0.5, 0.6) is 0 Å². The number of halogens is 2. The van der Waals surface area contributed by atoms with Crippen molar-refractivity contribution in [2.24, 2.45) is 5.92 Å². The second-order valence-electron chi connectivity index (χ2n) is 5.77. The maximum absolute atomic E-state index is 12.4. The molecule has 0 bridgehead atoms. The molecule has 0 aliphatic carbocycles. The molecule has 0 saturated carbocycles. The molecular weight excluding hydrogens is 347 g/mol. The van der Waals surface area contributed by atoms with E-state index in [1.54, 1.807) is 23.1 Å². The highest BCUT2D eigenvalue weighted by molar-refractivity contribution is 6.36. The molecule has 124 valence electrons. The van der Waals surface area contributed by atoms with Gasteiger partial charge in [0, 0.05) is 24.5 Å². The van der Waals surface area contributed by atoms with Crippen LogP contribution in [0.15, 0.2) is 48.5 Å². The summed E-state index contributed by atoms with van der Waals surface area (Å²) in [6.45, 7) is 0.927. The molecule has 0 radical (unpaired) electrons. The van der Waals surface area contributed by atoms with Crippen LogP contribution < -0.4 is 5.32 Å². The van der Waals surface area contributed by atoms with Gasteiger partial charge in [0.2, 0.25) is 11.8 Å². The number of nitrogens with one attached hydrogen (secondary N) is 1. The number of hydrogen-bond acceptors (Lipinski definition) is 2. The Bertz CT molecular complexity index is 765. The molecule has 0 spiro atoms. The summed E-state index contributed by atoms with van der Waals surface area (Å²) in [4.78, 5) is 26.3. The lowest BCUT2D eigenvalue weighted by Gasteiger charge is -2.17. The van der Waals surface area contributed by atoms with E-state index in [-0.39, 0.29) is 24.2 Å². The third-order valence-corrected chi connectivity index (χ3v) is 4.54. The Hall–Kier alpha value is -2.04. The Balaban J connectivity index is 1.63. The fraction of sp³-hybridized carbons (Fsp3) is 0.222. The van der Waals surface area contributed by atoms with Crippen LogP contribution in [-0.4, -0.2) is 23.3 Å². The standard InChI is InChI=1S/C18H16Cl2N2O2/c19-14-6-7-16(15(20)9-14)21-18(24)13-8-17(23)22(11-13)10-12-4-2-1-3-5-12/h1-7,9,13H,8,10-11H2,(H,21,24)/t13-/m1/s1. The molecule has 1 aliphatic heterocycles. The topological polar surface area (TPSA) is 49.4 Å². The minimum absolute atomic E-state index is 0.0128. The van der Waals surface area contributed by atoms with Crippen LogP contribution in [0.3, 0.4) is 0 Å². The first-order valence-corrected chi connectivity index (χ1v) is 8.36. The average Bonchev–Trinajstić information content (AvgIpc) is 2.92. The molecule has 3 rings (SSSR count). The lowest BCUT2D eigenvalue weighted by Crippen LogP contribution is -2.28. The summed E-state index contributed by atoms with van der Waals surface area (Å²) in [6.07, 6.45) is 0.212. The van der Waals surface area contributed by atoms with Crippen molar-refractivity contribution >= 4 is 40.7 Å². The van der Waals surface area contributed by atoms with E-state index in [0.717, 1.165) is 5.56 Å². The number of likely N-dealkylation sites (tertiary alicyclic amines) is 1. The van der Waals surface area contributed by atoms with Gasteiger partial charge in [-0.1, -0.05) is 53.5 Å². The highest BCUT2D eigenvalue weighted by Gasteiger charge is 2.34. The van der Waals surface area contributed by atoms with E-state index in [2.05, 4.69) is 5.32 Å². The summed E-state index contributed by atoms with van der Waals surface area (Å²) >= 11 is 11.9. The predicted octanol–water partition coefficient (Wildman–Crippen LogP) is 3.98. The molecule has 2 aromatic rings. The number of amides is 2. The smallest absolute Gasteiger partial charge is 0.229 e. The molecule has 6 heteroatoms. The van der Waals surface area contributed by atoms with Gasteiger partial charge in [-0.2, -0.15) is 0 Å². The van der Waals surface area contributed by atoms with Crippen molar-refractivity contribution in [3.8, 4) is 0 Å². The van der Waals surface area contributed by atoms with Crippen LogP contribution in [0.1, 0.15) is 12.0 Å². The molecule has 1 saturated heterocycles. The quantitative estimate of drug-likeness (QED) is 0.893. The highest BCUT2D eigenvalue weighted by Crippen LogP contribution is 2.27. The molecule has 1 aliphatic rings. The zero-order valence-electron chi connectivity index (χ0n) is 12.8. The van der Waals surface area contributed by atoms with Gasteiger partial charge < -0.3 is 10.2 Å². The van der Waals surface area contributed by atoms with Gasteiger partial charge in [-0.05, 0) is 23.8 Å². The third-order valence-electron chi connectivity index (χ3n) is 3.99. The second kappa shape index (κ2) is 7.24. The molecule has 2 aromatic carbocycles. The van der Waals surface area contributed by atoms with Crippen molar-refractivity contribution in [3.05, 3.63) is 64.1 Å². The molecule has 2 amide bonds. The van der Waals surface area contributed by atoms with Crippen LogP contribution in [0.25, 0.3) is 0 Å². The maximum atomic E-state index is 12.4. The predicted molar refractivity (Wildman–Crippen MR) is 95.1 cm³/mol. The van der Waals surface area contributed by atoms with Crippen molar-refractivity contribution in [2.75, 3.05) is 11.9 Å². The molecule has 1 heterocycles. The zero-order valence-corrected chi connectivity index (χ0v) is 14.3. The zero-order chi connectivity index (χ0) is 17.1. The van der Waals surface area contributed by atoms with Gasteiger partial charge in [-0.15, -0.1) is 0 Å². The fourth-order valence-electron chi connectivity index (χ4n) is 2.73. The average molecular weight is 363 g/mol. The molecule has 0 aromatic heterocycles. The van der Waals surface area contributed by atoms with Crippen molar-refractivity contribution in [1.82, 2.24) is 4.90 Å². The Kier molecular flexibility index (Phi) is 5.07. The van der Waals surface area contributed by atoms with Crippen LogP contribution >= 0.6 is 23.2 Å². The SMILES string of the molecule is O=C(Nc1ccc(Cl)cc1Cl)[C@@H]1CC(=O)N(Cc2ccccc2)C1. The Morgan fingerprint density at radius 2 is 1.92 bits per heavy atom. The molecule has 1 fully saturated rings.